The molecule has 1 saturated heterocycles. The van der Waals surface area contributed by atoms with Crippen molar-refractivity contribution >= 4 is 12.0 Å². The molecular weight excluding hydrogens is 232 g/mol. The van der Waals surface area contributed by atoms with E-state index in [1.54, 1.807) is 13.0 Å². The lowest BCUT2D eigenvalue weighted by atomic mass is 10.1. The molecule has 1 aromatic carbocycles. The summed E-state index contributed by atoms with van der Waals surface area (Å²) in [7, 11) is 0. The highest BCUT2D eigenvalue weighted by Gasteiger charge is 2.17. The Balaban J connectivity index is 1.96. The fourth-order valence-electron chi connectivity index (χ4n) is 1.67. The van der Waals surface area contributed by atoms with Gasteiger partial charge in [0.25, 0.3) is 0 Å². The van der Waals surface area contributed by atoms with Gasteiger partial charge in [0.05, 0.1) is 19.8 Å². The zero-order chi connectivity index (χ0) is 12.8. The minimum atomic E-state index is -0.330. The van der Waals surface area contributed by atoms with E-state index in [0.29, 0.717) is 19.8 Å². The van der Waals surface area contributed by atoms with Crippen LogP contribution >= 0.6 is 0 Å². The standard InChI is InChI=1S/C14H16O4/c1-2-16-13(15)8-5-11-3-6-12(7-4-11)14-17-9-10-18-14/h3-8,14H,2,9-10H2,1H3. The number of ether oxygens (including phenoxy) is 3. The maximum absolute atomic E-state index is 11.1. The van der Waals surface area contributed by atoms with Crippen LogP contribution in [0, 0.1) is 0 Å². The molecule has 0 N–H and O–H groups in total. The molecule has 4 heteroatoms. The smallest absolute Gasteiger partial charge is 0.330 e. The van der Waals surface area contributed by atoms with E-state index in [9.17, 15) is 4.79 Å². The van der Waals surface area contributed by atoms with Crippen molar-refractivity contribution in [3.05, 3.63) is 41.5 Å². The van der Waals surface area contributed by atoms with Crippen molar-refractivity contribution in [3.8, 4) is 0 Å². The number of hydrogen-bond acceptors (Lipinski definition) is 4. The van der Waals surface area contributed by atoms with Crippen molar-refractivity contribution in [2.75, 3.05) is 19.8 Å². The minimum Gasteiger partial charge on any atom is -0.463 e. The van der Waals surface area contributed by atoms with Gasteiger partial charge in [-0.15, -0.1) is 0 Å². The highest BCUT2D eigenvalue weighted by Crippen LogP contribution is 2.23. The fourth-order valence-corrected chi connectivity index (χ4v) is 1.67. The maximum Gasteiger partial charge on any atom is 0.330 e. The van der Waals surface area contributed by atoms with Crippen LogP contribution in [0.1, 0.15) is 24.3 Å². The maximum atomic E-state index is 11.1. The summed E-state index contributed by atoms with van der Waals surface area (Å²) < 4.78 is 15.6. The van der Waals surface area contributed by atoms with Crippen molar-refractivity contribution in [2.45, 2.75) is 13.2 Å². The first-order valence-electron chi connectivity index (χ1n) is 5.97. The predicted octanol–water partition coefficient (Wildman–Crippen LogP) is 2.31. The normalized spacial score (nSPS) is 16.3. The van der Waals surface area contributed by atoms with E-state index in [-0.39, 0.29) is 12.3 Å². The molecule has 96 valence electrons. The van der Waals surface area contributed by atoms with Gasteiger partial charge in [-0.05, 0) is 18.6 Å². The average Bonchev–Trinajstić information content (AvgIpc) is 2.91. The molecule has 0 amide bonds. The van der Waals surface area contributed by atoms with Gasteiger partial charge in [-0.25, -0.2) is 4.79 Å². The zero-order valence-electron chi connectivity index (χ0n) is 10.3. The molecule has 0 saturated carbocycles. The quantitative estimate of drug-likeness (QED) is 0.606. The lowest BCUT2D eigenvalue weighted by Crippen LogP contribution is -1.99. The van der Waals surface area contributed by atoms with Gasteiger partial charge in [0.2, 0.25) is 0 Å². The molecule has 0 bridgehead atoms. The minimum absolute atomic E-state index is 0.256. The molecular formula is C14H16O4. The highest BCUT2D eigenvalue weighted by atomic mass is 16.7. The number of rotatable bonds is 4. The van der Waals surface area contributed by atoms with E-state index < -0.39 is 0 Å². The average molecular weight is 248 g/mol. The van der Waals surface area contributed by atoms with Gasteiger partial charge < -0.3 is 14.2 Å². The van der Waals surface area contributed by atoms with Crippen molar-refractivity contribution in [1.29, 1.82) is 0 Å². The number of benzene rings is 1. The fraction of sp³-hybridized carbons (Fsp3) is 0.357. The van der Waals surface area contributed by atoms with E-state index >= 15 is 0 Å². The third kappa shape index (κ3) is 3.42. The number of esters is 1. The van der Waals surface area contributed by atoms with Crippen molar-refractivity contribution in [3.63, 3.8) is 0 Å². The van der Waals surface area contributed by atoms with Gasteiger partial charge >= 0.3 is 5.97 Å². The topological polar surface area (TPSA) is 44.8 Å². The molecule has 0 aliphatic carbocycles. The van der Waals surface area contributed by atoms with Gasteiger partial charge in [-0.2, -0.15) is 0 Å². The Labute approximate surface area is 106 Å². The van der Waals surface area contributed by atoms with Crippen molar-refractivity contribution in [2.24, 2.45) is 0 Å². The van der Waals surface area contributed by atoms with E-state index in [4.69, 9.17) is 14.2 Å². The molecule has 0 spiro atoms. The van der Waals surface area contributed by atoms with Gasteiger partial charge in [-0.1, -0.05) is 24.3 Å². The van der Waals surface area contributed by atoms with Crippen LogP contribution in [0.5, 0.6) is 0 Å². The first-order chi connectivity index (χ1) is 8.79. The van der Waals surface area contributed by atoms with Crippen LogP contribution in [-0.4, -0.2) is 25.8 Å². The Bertz CT molecular complexity index is 416. The van der Waals surface area contributed by atoms with Gasteiger partial charge in [0, 0.05) is 11.6 Å². The van der Waals surface area contributed by atoms with Crippen LogP contribution in [0.4, 0.5) is 0 Å². The van der Waals surface area contributed by atoms with Crippen LogP contribution in [0.2, 0.25) is 0 Å². The molecule has 2 rings (SSSR count). The van der Waals surface area contributed by atoms with Crippen LogP contribution in [0.3, 0.4) is 0 Å². The molecule has 0 atom stereocenters. The summed E-state index contributed by atoms with van der Waals surface area (Å²) in [6.07, 6.45) is 2.88. The lowest BCUT2D eigenvalue weighted by molar-refractivity contribution is -0.137. The number of hydrogen-bond donors (Lipinski definition) is 0. The second-order valence-corrected chi connectivity index (χ2v) is 3.83. The Morgan fingerprint density at radius 3 is 2.61 bits per heavy atom. The van der Waals surface area contributed by atoms with Gasteiger partial charge in [0.1, 0.15) is 0 Å². The summed E-state index contributed by atoms with van der Waals surface area (Å²) in [6.45, 7) is 3.44. The Hall–Kier alpha value is -1.65. The first-order valence-corrected chi connectivity index (χ1v) is 5.97. The molecule has 1 aliphatic heterocycles. The van der Waals surface area contributed by atoms with E-state index in [2.05, 4.69) is 0 Å². The first kappa shape index (κ1) is 12.8. The lowest BCUT2D eigenvalue weighted by Gasteiger charge is -2.08. The summed E-state index contributed by atoms with van der Waals surface area (Å²) in [4.78, 5) is 11.1. The highest BCUT2D eigenvalue weighted by molar-refractivity contribution is 5.87. The zero-order valence-corrected chi connectivity index (χ0v) is 10.3. The third-order valence-electron chi connectivity index (χ3n) is 2.53. The second-order valence-electron chi connectivity index (χ2n) is 3.83. The molecule has 1 heterocycles. The number of carbonyl (C=O) groups is 1. The summed E-state index contributed by atoms with van der Waals surface area (Å²) in [5, 5.41) is 0. The molecule has 0 aromatic heterocycles. The van der Waals surface area contributed by atoms with Crippen molar-refractivity contribution in [1.82, 2.24) is 0 Å². The largest absolute Gasteiger partial charge is 0.463 e. The third-order valence-corrected chi connectivity index (χ3v) is 2.53. The summed E-state index contributed by atoms with van der Waals surface area (Å²) in [5.74, 6) is -0.330. The van der Waals surface area contributed by atoms with Crippen molar-refractivity contribution < 1.29 is 19.0 Å². The van der Waals surface area contributed by atoms with Gasteiger partial charge in [0.15, 0.2) is 6.29 Å². The monoisotopic (exact) mass is 248 g/mol. The molecule has 4 nitrogen and oxygen atoms in total. The van der Waals surface area contributed by atoms with Crippen LogP contribution < -0.4 is 0 Å². The van der Waals surface area contributed by atoms with Crippen LogP contribution in [0.25, 0.3) is 6.08 Å². The SMILES string of the molecule is CCOC(=O)C=Cc1ccc(C2OCCO2)cc1. The Kier molecular flexibility index (Phi) is 4.50. The molecule has 18 heavy (non-hydrogen) atoms. The predicted molar refractivity (Wildman–Crippen MR) is 66.8 cm³/mol. The van der Waals surface area contributed by atoms with Crippen LogP contribution in [-0.2, 0) is 19.0 Å². The molecule has 1 aliphatic rings. The summed E-state index contributed by atoms with van der Waals surface area (Å²) in [5.41, 5.74) is 1.92. The molecule has 1 fully saturated rings. The van der Waals surface area contributed by atoms with E-state index in [1.165, 1.54) is 6.08 Å². The van der Waals surface area contributed by atoms with Gasteiger partial charge in [-0.3, -0.25) is 0 Å². The van der Waals surface area contributed by atoms with E-state index in [0.717, 1.165) is 11.1 Å². The molecule has 0 unspecified atom stereocenters. The molecule has 1 aromatic rings. The molecule has 0 radical (unpaired) electrons. The Morgan fingerprint density at radius 2 is 2.00 bits per heavy atom. The second kappa shape index (κ2) is 6.33. The Morgan fingerprint density at radius 1 is 1.33 bits per heavy atom. The van der Waals surface area contributed by atoms with E-state index in [1.807, 2.05) is 24.3 Å². The summed E-state index contributed by atoms with van der Waals surface area (Å²) >= 11 is 0. The summed E-state index contributed by atoms with van der Waals surface area (Å²) in [6, 6.07) is 7.69. The number of carbonyl (C=O) groups excluding carboxylic acids is 1. The van der Waals surface area contributed by atoms with Crippen LogP contribution in [0.15, 0.2) is 30.3 Å².